The van der Waals surface area contributed by atoms with Gasteiger partial charge in [-0.15, -0.1) is 0 Å². The second-order valence-corrected chi connectivity index (χ2v) is 7.24. The number of amides is 1. The normalized spacial score (nSPS) is 18.4. The third-order valence-electron chi connectivity index (χ3n) is 5.43. The van der Waals surface area contributed by atoms with Crippen molar-refractivity contribution in [2.24, 2.45) is 5.92 Å². The van der Waals surface area contributed by atoms with Crippen LogP contribution in [0.4, 0.5) is 4.39 Å². The Morgan fingerprint density at radius 1 is 1.11 bits per heavy atom. The third kappa shape index (κ3) is 3.63. The van der Waals surface area contributed by atoms with Gasteiger partial charge in [0.2, 0.25) is 5.91 Å². The first kappa shape index (κ1) is 18.6. The van der Waals surface area contributed by atoms with E-state index in [2.05, 4.69) is 0 Å². The van der Waals surface area contributed by atoms with Gasteiger partial charge >= 0.3 is 0 Å². The highest BCUT2D eigenvalue weighted by molar-refractivity contribution is 5.82. The van der Waals surface area contributed by atoms with E-state index >= 15 is 0 Å². The molecular formula is C22H24FNO4. The molecule has 0 aromatic heterocycles. The Morgan fingerprint density at radius 2 is 1.79 bits per heavy atom. The van der Waals surface area contributed by atoms with Crippen LogP contribution in [0.5, 0.6) is 17.2 Å². The molecule has 6 heteroatoms. The van der Waals surface area contributed by atoms with Crippen molar-refractivity contribution in [1.82, 2.24) is 4.90 Å². The van der Waals surface area contributed by atoms with Crippen LogP contribution in [0.2, 0.25) is 0 Å². The van der Waals surface area contributed by atoms with Crippen LogP contribution in [-0.4, -0.2) is 38.2 Å². The number of ether oxygens (including phenoxy) is 3. The Bertz CT molecular complexity index is 864. The van der Waals surface area contributed by atoms with Crippen molar-refractivity contribution in [3.8, 4) is 17.2 Å². The highest BCUT2D eigenvalue weighted by Crippen LogP contribution is 2.41. The minimum Gasteiger partial charge on any atom is -0.493 e. The van der Waals surface area contributed by atoms with Crippen molar-refractivity contribution in [3.63, 3.8) is 0 Å². The van der Waals surface area contributed by atoms with E-state index in [1.54, 1.807) is 26.4 Å². The molecule has 0 radical (unpaired) electrons. The highest BCUT2D eigenvalue weighted by Gasteiger charge is 2.39. The summed E-state index contributed by atoms with van der Waals surface area (Å²) in [5.41, 5.74) is 2.14. The average molecular weight is 385 g/mol. The summed E-state index contributed by atoms with van der Waals surface area (Å²) in [4.78, 5) is 14.8. The molecule has 1 fully saturated rings. The lowest BCUT2D eigenvalue weighted by atomic mass is 9.91. The van der Waals surface area contributed by atoms with E-state index in [0.29, 0.717) is 30.4 Å². The molecule has 0 spiro atoms. The lowest BCUT2D eigenvalue weighted by molar-refractivity contribution is -0.136. The van der Waals surface area contributed by atoms with Gasteiger partial charge in [-0.05, 0) is 66.8 Å². The molecule has 0 unspecified atom stereocenters. The standard InChI is InChI=1S/C22H24FNO4/c1-26-20-11-15-9-10-24(22(25)14-3-4-14)19(18(15)12-21(20)27-2)13-28-17-7-5-16(23)6-8-17/h5-8,11-12,14,19H,3-4,9-10,13H2,1-2H3/t19-/m0/s1. The molecule has 2 aromatic rings. The molecule has 1 atom stereocenters. The lowest BCUT2D eigenvalue weighted by Gasteiger charge is -2.37. The smallest absolute Gasteiger partial charge is 0.226 e. The molecule has 1 aliphatic carbocycles. The minimum absolute atomic E-state index is 0.134. The zero-order chi connectivity index (χ0) is 19.7. The SMILES string of the molecule is COc1cc2c(cc1OC)[C@H](COc1ccc(F)cc1)N(C(=O)C1CC1)CC2. The number of halogens is 1. The molecular weight excluding hydrogens is 361 g/mol. The van der Waals surface area contributed by atoms with E-state index < -0.39 is 0 Å². The maximum Gasteiger partial charge on any atom is 0.226 e. The molecule has 1 heterocycles. The fourth-order valence-corrected chi connectivity index (χ4v) is 3.74. The molecule has 28 heavy (non-hydrogen) atoms. The second kappa shape index (κ2) is 7.70. The van der Waals surface area contributed by atoms with Crippen molar-refractivity contribution in [2.75, 3.05) is 27.4 Å². The van der Waals surface area contributed by atoms with E-state index in [1.165, 1.54) is 12.1 Å². The van der Waals surface area contributed by atoms with E-state index in [1.807, 2.05) is 17.0 Å². The predicted molar refractivity (Wildman–Crippen MR) is 102 cm³/mol. The number of carbonyl (C=O) groups excluding carboxylic acids is 1. The van der Waals surface area contributed by atoms with Crippen LogP contribution in [0, 0.1) is 11.7 Å². The van der Waals surface area contributed by atoms with Crippen LogP contribution in [0.3, 0.4) is 0 Å². The van der Waals surface area contributed by atoms with Crippen molar-refractivity contribution < 1.29 is 23.4 Å². The summed E-state index contributed by atoms with van der Waals surface area (Å²) in [5, 5.41) is 0. The molecule has 0 bridgehead atoms. The quantitative estimate of drug-likeness (QED) is 0.760. The Balaban J connectivity index is 1.65. The first-order valence-corrected chi connectivity index (χ1v) is 9.54. The zero-order valence-corrected chi connectivity index (χ0v) is 16.1. The van der Waals surface area contributed by atoms with Gasteiger partial charge in [0.1, 0.15) is 18.2 Å². The van der Waals surface area contributed by atoms with E-state index in [9.17, 15) is 9.18 Å². The number of methoxy groups -OCH3 is 2. The van der Waals surface area contributed by atoms with E-state index in [4.69, 9.17) is 14.2 Å². The molecule has 0 saturated heterocycles. The highest BCUT2D eigenvalue weighted by atomic mass is 19.1. The summed E-state index contributed by atoms with van der Waals surface area (Å²) in [5.74, 6) is 1.91. The largest absolute Gasteiger partial charge is 0.493 e. The number of rotatable bonds is 6. The van der Waals surface area contributed by atoms with Gasteiger partial charge < -0.3 is 19.1 Å². The van der Waals surface area contributed by atoms with Crippen molar-refractivity contribution >= 4 is 5.91 Å². The van der Waals surface area contributed by atoms with Gasteiger partial charge in [-0.25, -0.2) is 4.39 Å². The van der Waals surface area contributed by atoms with Crippen molar-refractivity contribution in [1.29, 1.82) is 0 Å². The minimum atomic E-state index is -0.308. The first-order valence-electron chi connectivity index (χ1n) is 9.54. The molecule has 1 saturated carbocycles. The van der Waals surface area contributed by atoms with Gasteiger partial charge in [0.25, 0.3) is 0 Å². The molecule has 148 valence electrons. The number of carbonyl (C=O) groups is 1. The average Bonchev–Trinajstić information content (AvgIpc) is 3.56. The van der Waals surface area contributed by atoms with Crippen LogP contribution in [0.25, 0.3) is 0 Å². The summed E-state index contributed by atoms with van der Waals surface area (Å²) in [6.45, 7) is 0.946. The fraction of sp³-hybridized carbons (Fsp3) is 0.409. The topological polar surface area (TPSA) is 48.0 Å². The van der Waals surface area contributed by atoms with Gasteiger partial charge in [0.05, 0.1) is 20.3 Å². The van der Waals surface area contributed by atoms with Gasteiger partial charge in [-0.1, -0.05) is 0 Å². The molecule has 2 aliphatic rings. The summed E-state index contributed by atoms with van der Waals surface area (Å²) in [6.07, 6.45) is 2.68. The number of benzene rings is 2. The molecule has 5 nitrogen and oxygen atoms in total. The molecule has 4 rings (SSSR count). The van der Waals surface area contributed by atoms with Gasteiger partial charge in [-0.2, -0.15) is 0 Å². The Morgan fingerprint density at radius 3 is 2.43 bits per heavy atom. The summed E-state index contributed by atoms with van der Waals surface area (Å²) >= 11 is 0. The predicted octanol–water partition coefficient (Wildman–Crippen LogP) is 3.76. The Labute approximate surface area is 164 Å². The van der Waals surface area contributed by atoms with Gasteiger partial charge in [0, 0.05) is 12.5 Å². The number of nitrogens with zero attached hydrogens (tertiary/aromatic N) is 1. The summed E-state index contributed by atoms with van der Waals surface area (Å²) in [6, 6.07) is 9.64. The first-order chi connectivity index (χ1) is 13.6. The summed E-state index contributed by atoms with van der Waals surface area (Å²) < 4.78 is 30.0. The van der Waals surface area contributed by atoms with Crippen LogP contribution < -0.4 is 14.2 Å². The van der Waals surface area contributed by atoms with Gasteiger partial charge in [-0.3, -0.25) is 4.79 Å². The van der Waals surface area contributed by atoms with E-state index in [-0.39, 0.29) is 23.7 Å². The molecule has 2 aromatic carbocycles. The van der Waals surface area contributed by atoms with Crippen LogP contribution in [0.1, 0.15) is 30.0 Å². The Hall–Kier alpha value is -2.76. The van der Waals surface area contributed by atoms with Crippen molar-refractivity contribution in [2.45, 2.75) is 25.3 Å². The third-order valence-corrected chi connectivity index (χ3v) is 5.43. The van der Waals surface area contributed by atoms with Crippen molar-refractivity contribution in [3.05, 3.63) is 53.3 Å². The molecule has 0 N–H and O–H groups in total. The van der Waals surface area contributed by atoms with E-state index in [0.717, 1.165) is 30.4 Å². The van der Waals surface area contributed by atoms with Crippen LogP contribution >= 0.6 is 0 Å². The van der Waals surface area contributed by atoms with Gasteiger partial charge in [0.15, 0.2) is 11.5 Å². The number of hydrogen-bond acceptors (Lipinski definition) is 4. The number of fused-ring (bicyclic) bond motifs is 1. The fourth-order valence-electron chi connectivity index (χ4n) is 3.74. The second-order valence-electron chi connectivity index (χ2n) is 7.24. The lowest BCUT2D eigenvalue weighted by Crippen LogP contribution is -2.43. The molecule has 1 aliphatic heterocycles. The summed E-state index contributed by atoms with van der Waals surface area (Å²) in [7, 11) is 3.22. The van der Waals surface area contributed by atoms with Crippen LogP contribution in [-0.2, 0) is 11.2 Å². The zero-order valence-electron chi connectivity index (χ0n) is 16.1. The van der Waals surface area contributed by atoms with Crippen LogP contribution in [0.15, 0.2) is 36.4 Å². The maximum atomic E-state index is 13.2. The molecule has 1 amide bonds. The monoisotopic (exact) mass is 385 g/mol. The number of hydrogen-bond donors (Lipinski definition) is 0. The Kier molecular flexibility index (Phi) is 5.11. The maximum absolute atomic E-state index is 13.2.